The molecule has 6 unspecified atom stereocenters. The van der Waals surface area contributed by atoms with Crippen molar-refractivity contribution in [3.63, 3.8) is 0 Å². The van der Waals surface area contributed by atoms with Crippen LogP contribution in [0.25, 0.3) is 0 Å². The van der Waals surface area contributed by atoms with E-state index < -0.39 is 0 Å². The molecule has 0 aliphatic carbocycles. The van der Waals surface area contributed by atoms with Crippen LogP contribution in [0.2, 0.25) is 0 Å². The molecule has 4 saturated heterocycles. The Morgan fingerprint density at radius 3 is 1.47 bits per heavy atom. The van der Waals surface area contributed by atoms with Crippen molar-refractivity contribution in [2.75, 3.05) is 69.0 Å². The fourth-order valence-corrected chi connectivity index (χ4v) is 15.7. The Morgan fingerprint density at radius 1 is 0.600 bits per heavy atom. The summed E-state index contributed by atoms with van der Waals surface area (Å²) in [4.78, 5) is 0. The predicted molar refractivity (Wildman–Crippen MR) is 167 cm³/mol. The van der Waals surface area contributed by atoms with E-state index >= 15 is 0 Å². The van der Waals surface area contributed by atoms with Crippen molar-refractivity contribution in [2.45, 2.75) is 43.0 Å². The van der Waals surface area contributed by atoms with Crippen molar-refractivity contribution >= 4 is 118 Å². The Morgan fingerprint density at radius 2 is 1.03 bits per heavy atom. The van der Waals surface area contributed by atoms with Crippen LogP contribution in [0.3, 0.4) is 0 Å². The summed E-state index contributed by atoms with van der Waals surface area (Å²) in [7, 11) is 0. The van der Waals surface area contributed by atoms with Gasteiger partial charge in [0.25, 0.3) is 0 Å². The molecule has 4 rings (SSSR count). The van der Waals surface area contributed by atoms with Gasteiger partial charge >= 0.3 is 0 Å². The van der Waals surface area contributed by atoms with Crippen molar-refractivity contribution in [2.24, 2.45) is 0 Å². The Kier molecular flexibility index (Phi) is 13.2. The third-order valence-corrected chi connectivity index (χ3v) is 19.0. The van der Waals surface area contributed by atoms with Gasteiger partial charge in [-0.1, -0.05) is 6.92 Å². The summed E-state index contributed by atoms with van der Waals surface area (Å²) < 4.78 is 0.812. The number of hydrogen-bond donors (Lipinski definition) is 0. The molecule has 0 N–H and O–H groups in total. The lowest BCUT2D eigenvalue weighted by Gasteiger charge is -2.27. The highest BCUT2D eigenvalue weighted by Gasteiger charge is 2.30. The smallest absolute Gasteiger partial charge is 0.0593 e. The molecule has 0 nitrogen and oxygen atoms in total. The van der Waals surface area contributed by atoms with Gasteiger partial charge in [-0.2, -0.15) is 94.1 Å². The largest absolute Gasteiger partial charge is 0.160 e. The topological polar surface area (TPSA) is 0 Å². The van der Waals surface area contributed by atoms with Gasteiger partial charge in [0.05, 0.1) is 4.58 Å². The molecule has 4 fully saturated rings. The van der Waals surface area contributed by atoms with Gasteiger partial charge < -0.3 is 0 Å². The standard InChI is InChI=1S/C20H34S10/c1-2-23-18(11-21-3-14-5-24-14)19(12-22-4-15-6-25-15)28-13-20(29-9-16-7-26-16)30-10-17-8-27-17/h14-20H,2-13H2,1H3. The molecule has 0 spiro atoms. The second-order valence-corrected chi connectivity index (χ2v) is 20.9. The van der Waals surface area contributed by atoms with Gasteiger partial charge in [0.2, 0.25) is 0 Å². The molecule has 4 aliphatic heterocycles. The Labute approximate surface area is 227 Å². The highest BCUT2D eigenvalue weighted by molar-refractivity contribution is 8.19. The SMILES string of the molecule is CCSC(CSCC1CS1)C(CSCC1CS1)SCC(SCC1CS1)SCC1CS1. The minimum absolute atomic E-state index is 0.812. The highest BCUT2D eigenvalue weighted by atomic mass is 32.2. The second-order valence-electron chi connectivity index (χ2n) is 7.86. The number of rotatable bonds is 20. The molecule has 0 bridgehead atoms. The summed E-state index contributed by atoms with van der Waals surface area (Å²) >= 11 is 22.3. The van der Waals surface area contributed by atoms with Crippen LogP contribution in [-0.4, -0.2) is 105 Å². The quantitative estimate of drug-likeness (QED) is 0.107. The number of hydrogen-bond acceptors (Lipinski definition) is 10. The predicted octanol–water partition coefficient (Wildman–Crippen LogP) is 6.93. The molecule has 0 radical (unpaired) electrons. The average molecular weight is 595 g/mol. The maximum atomic E-state index is 2.36. The molecule has 30 heavy (non-hydrogen) atoms. The first-order chi connectivity index (χ1) is 14.8. The van der Waals surface area contributed by atoms with E-state index in [0.717, 1.165) is 36.1 Å². The zero-order valence-corrected chi connectivity index (χ0v) is 25.8. The van der Waals surface area contributed by atoms with Gasteiger partial charge in [0, 0.05) is 94.8 Å². The third-order valence-electron chi connectivity index (χ3n) is 4.96. The fraction of sp³-hybridized carbons (Fsp3) is 1.00. The van der Waals surface area contributed by atoms with Crippen molar-refractivity contribution in [3.05, 3.63) is 0 Å². The summed E-state index contributed by atoms with van der Waals surface area (Å²) in [6, 6.07) is 0. The van der Waals surface area contributed by atoms with E-state index in [9.17, 15) is 0 Å². The van der Waals surface area contributed by atoms with E-state index in [1.54, 1.807) is 0 Å². The van der Waals surface area contributed by atoms with Gasteiger partial charge in [-0.05, 0) is 5.75 Å². The van der Waals surface area contributed by atoms with Crippen molar-refractivity contribution < 1.29 is 0 Å². The van der Waals surface area contributed by atoms with E-state index in [-0.39, 0.29) is 0 Å². The van der Waals surface area contributed by atoms with Crippen LogP contribution in [0.4, 0.5) is 0 Å². The van der Waals surface area contributed by atoms with Crippen LogP contribution in [0.5, 0.6) is 0 Å². The first kappa shape index (κ1) is 26.6. The molecule has 6 atom stereocenters. The van der Waals surface area contributed by atoms with E-state index in [4.69, 9.17) is 0 Å². The van der Waals surface area contributed by atoms with Crippen molar-refractivity contribution in [1.29, 1.82) is 0 Å². The molecule has 0 aromatic heterocycles. The van der Waals surface area contributed by atoms with Crippen LogP contribution >= 0.6 is 118 Å². The molecule has 0 aromatic carbocycles. The van der Waals surface area contributed by atoms with Gasteiger partial charge in [-0.15, -0.1) is 23.5 Å². The molecule has 10 heteroatoms. The van der Waals surface area contributed by atoms with Crippen LogP contribution in [0.15, 0.2) is 0 Å². The molecule has 0 aromatic rings. The molecule has 0 amide bonds. The fourth-order valence-electron chi connectivity index (χ4n) is 2.80. The molecule has 174 valence electrons. The van der Waals surface area contributed by atoms with E-state index in [1.165, 1.54) is 69.0 Å². The first-order valence-corrected chi connectivity index (χ1v) is 21.6. The van der Waals surface area contributed by atoms with Crippen LogP contribution in [0.1, 0.15) is 6.92 Å². The van der Waals surface area contributed by atoms with Crippen molar-refractivity contribution in [1.82, 2.24) is 0 Å². The molecule has 4 aliphatic rings. The first-order valence-electron chi connectivity index (χ1n) is 10.9. The average Bonchev–Trinajstić information content (AvgIpc) is 3.53. The maximum Gasteiger partial charge on any atom is 0.0593 e. The van der Waals surface area contributed by atoms with Crippen LogP contribution < -0.4 is 0 Å². The lowest BCUT2D eigenvalue weighted by molar-refractivity contribution is 0.945. The highest BCUT2D eigenvalue weighted by Crippen LogP contribution is 2.42. The molecule has 0 saturated carbocycles. The summed E-state index contributed by atoms with van der Waals surface area (Å²) in [6.07, 6.45) is 0. The lowest BCUT2D eigenvalue weighted by atomic mass is 10.3. The van der Waals surface area contributed by atoms with Crippen molar-refractivity contribution in [3.8, 4) is 0 Å². The number of thioether (sulfide) groups is 10. The van der Waals surface area contributed by atoms with Gasteiger partial charge in [-0.25, -0.2) is 0 Å². The van der Waals surface area contributed by atoms with Crippen LogP contribution in [0, 0.1) is 0 Å². The van der Waals surface area contributed by atoms with E-state index in [0.29, 0.717) is 0 Å². The molecular formula is C20H34S10. The Bertz CT molecular complexity index is 462. The van der Waals surface area contributed by atoms with E-state index in [1.807, 2.05) is 0 Å². The normalized spacial score (nSPS) is 31.9. The maximum absolute atomic E-state index is 2.36. The summed E-state index contributed by atoms with van der Waals surface area (Å²) in [6.45, 7) is 2.36. The molecule has 4 heterocycles. The lowest BCUT2D eigenvalue weighted by Crippen LogP contribution is -2.27. The van der Waals surface area contributed by atoms with Gasteiger partial charge in [0.1, 0.15) is 0 Å². The third kappa shape index (κ3) is 12.0. The summed E-state index contributed by atoms with van der Waals surface area (Å²) in [5, 5.41) is 5.57. The zero-order chi connectivity index (χ0) is 20.6. The Balaban J connectivity index is 1.25. The van der Waals surface area contributed by atoms with E-state index in [2.05, 4.69) is 125 Å². The zero-order valence-electron chi connectivity index (χ0n) is 17.6. The minimum atomic E-state index is 0.812. The summed E-state index contributed by atoms with van der Waals surface area (Å²) in [5.41, 5.74) is 0. The van der Waals surface area contributed by atoms with Gasteiger partial charge in [0.15, 0.2) is 0 Å². The molecular weight excluding hydrogens is 561 g/mol. The monoisotopic (exact) mass is 594 g/mol. The second kappa shape index (κ2) is 14.9. The van der Waals surface area contributed by atoms with Gasteiger partial charge in [-0.3, -0.25) is 0 Å². The summed E-state index contributed by atoms with van der Waals surface area (Å²) in [5.74, 6) is 16.6. The Hall–Kier alpha value is 3.50. The minimum Gasteiger partial charge on any atom is -0.160 e. The van der Waals surface area contributed by atoms with Crippen LogP contribution in [-0.2, 0) is 0 Å².